The molecule has 0 atom stereocenters. The van der Waals surface area contributed by atoms with Crippen LogP contribution in [0.3, 0.4) is 0 Å². The molecule has 0 unspecified atom stereocenters. The normalized spacial score (nSPS) is 11.1. The van der Waals surface area contributed by atoms with Gasteiger partial charge < -0.3 is 4.90 Å². The molecular formula is C19H14ClFN4OS. The Hall–Kier alpha value is -2.77. The Bertz CT molecular complexity index is 1110. The number of fused-ring (bicyclic) bond motifs is 1. The topological polar surface area (TPSA) is 51.0 Å². The van der Waals surface area contributed by atoms with Crippen molar-refractivity contribution in [2.75, 3.05) is 7.05 Å². The molecule has 0 aliphatic heterocycles. The first-order valence-electron chi connectivity index (χ1n) is 8.11. The van der Waals surface area contributed by atoms with Gasteiger partial charge in [-0.2, -0.15) is 5.10 Å². The van der Waals surface area contributed by atoms with E-state index in [0.29, 0.717) is 17.2 Å². The van der Waals surface area contributed by atoms with Crippen molar-refractivity contribution < 1.29 is 9.18 Å². The van der Waals surface area contributed by atoms with Gasteiger partial charge >= 0.3 is 0 Å². The van der Waals surface area contributed by atoms with E-state index in [2.05, 4.69) is 10.1 Å². The Morgan fingerprint density at radius 1 is 1.30 bits per heavy atom. The van der Waals surface area contributed by atoms with Crippen molar-refractivity contribution in [3.05, 3.63) is 76.8 Å². The third-order valence-corrected chi connectivity index (χ3v) is 5.37. The highest BCUT2D eigenvalue weighted by Crippen LogP contribution is 2.24. The first-order valence-corrected chi connectivity index (χ1v) is 9.31. The van der Waals surface area contributed by atoms with Gasteiger partial charge in [-0.05, 0) is 29.8 Å². The van der Waals surface area contributed by atoms with Crippen LogP contribution in [0.2, 0.25) is 5.02 Å². The summed E-state index contributed by atoms with van der Waals surface area (Å²) in [6, 6.07) is 12.2. The summed E-state index contributed by atoms with van der Waals surface area (Å²) < 4.78 is 15.9. The highest BCUT2D eigenvalue weighted by atomic mass is 35.5. The van der Waals surface area contributed by atoms with Crippen molar-refractivity contribution in [3.8, 4) is 5.13 Å². The van der Waals surface area contributed by atoms with Crippen LogP contribution in [0.15, 0.2) is 54.9 Å². The summed E-state index contributed by atoms with van der Waals surface area (Å²) in [5.41, 5.74) is 2.09. The maximum atomic E-state index is 13.3. The summed E-state index contributed by atoms with van der Waals surface area (Å²) >= 11 is 7.30. The summed E-state index contributed by atoms with van der Waals surface area (Å²) in [6.45, 7) is 0.311. The Morgan fingerprint density at radius 2 is 2.11 bits per heavy atom. The average Bonchev–Trinajstić information content (AvgIpc) is 3.30. The monoisotopic (exact) mass is 400 g/mol. The second kappa shape index (κ2) is 7.09. The number of benzene rings is 2. The molecule has 2 aromatic carbocycles. The van der Waals surface area contributed by atoms with Crippen molar-refractivity contribution in [2.24, 2.45) is 0 Å². The van der Waals surface area contributed by atoms with E-state index < -0.39 is 5.82 Å². The Morgan fingerprint density at radius 3 is 2.89 bits per heavy atom. The quantitative estimate of drug-likeness (QED) is 0.505. The van der Waals surface area contributed by atoms with Gasteiger partial charge in [0.1, 0.15) is 5.82 Å². The van der Waals surface area contributed by atoms with Crippen LogP contribution >= 0.6 is 22.9 Å². The summed E-state index contributed by atoms with van der Waals surface area (Å²) in [7, 11) is 1.68. The predicted octanol–water partition coefficient (Wildman–Crippen LogP) is 4.55. The zero-order chi connectivity index (χ0) is 19.0. The van der Waals surface area contributed by atoms with E-state index in [1.807, 2.05) is 24.3 Å². The SMILES string of the molecule is CN(Cc1ccc(F)c(Cl)c1)C(=O)c1cnn(-c2nc3ccccc3s2)c1. The van der Waals surface area contributed by atoms with Crippen LogP contribution < -0.4 is 0 Å². The number of carbonyl (C=O) groups excluding carboxylic acids is 1. The lowest BCUT2D eigenvalue weighted by Crippen LogP contribution is -2.25. The maximum Gasteiger partial charge on any atom is 0.257 e. The lowest BCUT2D eigenvalue weighted by atomic mass is 10.2. The van der Waals surface area contributed by atoms with Crippen molar-refractivity contribution in [2.45, 2.75) is 6.54 Å². The second-order valence-electron chi connectivity index (χ2n) is 6.05. The molecule has 4 aromatic rings. The van der Waals surface area contributed by atoms with Gasteiger partial charge in [0.25, 0.3) is 5.91 Å². The summed E-state index contributed by atoms with van der Waals surface area (Å²) in [5.74, 6) is -0.672. The first-order chi connectivity index (χ1) is 13.0. The highest BCUT2D eigenvalue weighted by molar-refractivity contribution is 7.20. The van der Waals surface area contributed by atoms with E-state index in [-0.39, 0.29) is 10.9 Å². The maximum absolute atomic E-state index is 13.3. The fraction of sp³-hybridized carbons (Fsp3) is 0.105. The molecule has 0 fully saturated rings. The zero-order valence-corrected chi connectivity index (χ0v) is 15.8. The van der Waals surface area contributed by atoms with Crippen LogP contribution in [0, 0.1) is 5.82 Å². The zero-order valence-electron chi connectivity index (χ0n) is 14.3. The van der Waals surface area contributed by atoms with Crippen LogP contribution in [0.4, 0.5) is 4.39 Å². The minimum Gasteiger partial charge on any atom is -0.337 e. The van der Waals surface area contributed by atoms with E-state index in [1.54, 1.807) is 24.0 Å². The molecule has 0 spiro atoms. The predicted molar refractivity (Wildman–Crippen MR) is 104 cm³/mol. The summed E-state index contributed by atoms with van der Waals surface area (Å²) in [6.07, 6.45) is 3.18. The van der Waals surface area contributed by atoms with Crippen LogP contribution in [0.5, 0.6) is 0 Å². The van der Waals surface area contributed by atoms with Crippen molar-refractivity contribution in [3.63, 3.8) is 0 Å². The molecule has 0 aliphatic carbocycles. The minimum absolute atomic E-state index is 0.0389. The molecule has 0 radical (unpaired) electrons. The number of amides is 1. The lowest BCUT2D eigenvalue weighted by molar-refractivity contribution is 0.0785. The molecule has 0 N–H and O–H groups in total. The number of thiazole rings is 1. The molecule has 5 nitrogen and oxygen atoms in total. The molecule has 136 valence electrons. The summed E-state index contributed by atoms with van der Waals surface area (Å²) in [4.78, 5) is 18.7. The number of aromatic nitrogens is 3. The van der Waals surface area contributed by atoms with Crippen LogP contribution in [-0.2, 0) is 6.54 Å². The molecule has 2 heterocycles. The molecule has 1 amide bonds. The van der Waals surface area contributed by atoms with Gasteiger partial charge in [-0.25, -0.2) is 14.1 Å². The van der Waals surface area contributed by atoms with Crippen LogP contribution in [-0.4, -0.2) is 32.6 Å². The molecule has 27 heavy (non-hydrogen) atoms. The smallest absolute Gasteiger partial charge is 0.257 e. The van der Waals surface area contributed by atoms with E-state index in [4.69, 9.17) is 11.6 Å². The van der Waals surface area contributed by atoms with Gasteiger partial charge in [0.2, 0.25) is 5.13 Å². The van der Waals surface area contributed by atoms with Gasteiger partial charge in [0, 0.05) is 19.8 Å². The molecule has 8 heteroatoms. The fourth-order valence-corrected chi connectivity index (χ4v) is 3.80. The summed E-state index contributed by atoms with van der Waals surface area (Å²) in [5, 5.41) is 5.00. The molecule has 0 saturated carbocycles. The molecule has 0 saturated heterocycles. The molecule has 4 rings (SSSR count). The Kier molecular flexibility index (Phi) is 4.63. The van der Waals surface area contributed by atoms with Crippen LogP contribution in [0.25, 0.3) is 15.3 Å². The number of hydrogen-bond donors (Lipinski definition) is 0. The third-order valence-electron chi connectivity index (χ3n) is 4.06. The lowest BCUT2D eigenvalue weighted by Gasteiger charge is -2.16. The standard InChI is InChI=1S/C19H14ClFN4OS/c1-24(10-12-6-7-15(21)14(20)8-12)18(26)13-9-22-25(11-13)19-23-16-4-2-3-5-17(16)27-19/h2-9,11H,10H2,1H3. The number of rotatable bonds is 4. The number of para-hydroxylation sites is 1. The van der Waals surface area contributed by atoms with Crippen molar-refractivity contribution >= 4 is 39.1 Å². The number of halogens is 2. The number of hydrogen-bond acceptors (Lipinski definition) is 4. The third kappa shape index (κ3) is 3.56. The van der Waals surface area contributed by atoms with Crippen LogP contribution in [0.1, 0.15) is 15.9 Å². The van der Waals surface area contributed by atoms with E-state index >= 15 is 0 Å². The Labute approximate surface area is 163 Å². The average molecular weight is 401 g/mol. The second-order valence-corrected chi connectivity index (χ2v) is 7.46. The van der Waals surface area contributed by atoms with Crippen molar-refractivity contribution in [1.29, 1.82) is 0 Å². The molecular weight excluding hydrogens is 387 g/mol. The largest absolute Gasteiger partial charge is 0.337 e. The van der Waals surface area contributed by atoms with Gasteiger partial charge in [0.15, 0.2) is 0 Å². The first kappa shape index (κ1) is 17.6. The Balaban J connectivity index is 1.53. The van der Waals surface area contributed by atoms with Gasteiger partial charge in [-0.1, -0.05) is 41.1 Å². The molecule has 2 aromatic heterocycles. The number of carbonyl (C=O) groups is 1. The molecule has 0 aliphatic rings. The van der Waals surface area contributed by atoms with E-state index in [1.165, 1.54) is 34.6 Å². The van der Waals surface area contributed by atoms with Gasteiger partial charge in [-0.15, -0.1) is 0 Å². The van der Waals surface area contributed by atoms with Crippen molar-refractivity contribution in [1.82, 2.24) is 19.7 Å². The number of nitrogens with zero attached hydrogens (tertiary/aromatic N) is 4. The minimum atomic E-state index is -0.480. The van der Waals surface area contributed by atoms with E-state index in [0.717, 1.165) is 15.8 Å². The fourth-order valence-electron chi connectivity index (χ4n) is 2.70. The van der Waals surface area contributed by atoms with Gasteiger partial charge in [-0.3, -0.25) is 4.79 Å². The van der Waals surface area contributed by atoms with Gasteiger partial charge in [0.05, 0.1) is 27.0 Å². The highest BCUT2D eigenvalue weighted by Gasteiger charge is 2.16. The van der Waals surface area contributed by atoms with E-state index in [9.17, 15) is 9.18 Å². The molecule has 0 bridgehead atoms.